The van der Waals surface area contributed by atoms with Crippen LogP contribution in [0.3, 0.4) is 0 Å². The normalized spacial score (nSPS) is 19.4. The van der Waals surface area contributed by atoms with Gasteiger partial charge in [-0.2, -0.15) is 4.98 Å². The van der Waals surface area contributed by atoms with Gasteiger partial charge in [-0.1, -0.05) is 0 Å². The van der Waals surface area contributed by atoms with Gasteiger partial charge in [0.05, 0.1) is 5.52 Å². The highest BCUT2D eigenvalue weighted by Crippen LogP contribution is 2.34. The molecule has 1 aliphatic rings. The van der Waals surface area contributed by atoms with Gasteiger partial charge >= 0.3 is 0 Å². The molecule has 5 heteroatoms. The summed E-state index contributed by atoms with van der Waals surface area (Å²) in [6.07, 6.45) is 2.07. The fourth-order valence-corrected chi connectivity index (χ4v) is 2.67. The number of aromatic nitrogens is 3. The number of halogens is 1. The summed E-state index contributed by atoms with van der Waals surface area (Å²) in [5, 5.41) is 0.324. The van der Waals surface area contributed by atoms with E-state index in [-0.39, 0.29) is 0 Å². The predicted octanol–water partition coefficient (Wildman–Crippen LogP) is 2.87. The quantitative estimate of drug-likeness (QED) is 0.730. The van der Waals surface area contributed by atoms with E-state index < -0.39 is 0 Å². The van der Waals surface area contributed by atoms with Gasteiger partial charge in [-0.15, -0.1) is 0 Å². The summed E-state index contributed by atoms with van der Waals surface area (Å²) in [6, 6.07) is 2.86. The van der Waals surface area contributed by atoms with Crippen molar-refractivity contribution in [1.82, 2.24) is 14.5 Å². The minimum Gasteiger partial charge on any atom is -0.350 e. The number of hydrogen-bond acceptors (Lipinski definition) is 3. The number of hydrogen-bond donors (Lipinski definition) is 0. The van der Waals surface area contributed by atoms with Crippen LogP contribution >= 0.6 is 11.6 Å². The Balaban J connectivity index is 2.33. The van der Waals surface area contributed by atoms with Gasteiger partial charge in [-0.05, 0) is 38.4 Å². The lowest BCUT2D eigenvalue weighted by molar-refractivity contribution is 0.503. The maximum atomic E-state index is 5.98. The minimum atomic E-state index is 0.324. The maximum Gasteiger partial charge on any atom is 0.225 e. The standard InChI is InChI=1S/C12H15ClN4/c1-7(2)17-6-8(3)16-5-4-9-10(16)11(17)15-12(13)14-9/h4-5,7-8H,6H2,1-3H3/t8-/m0/s1. The molecule has 0 aromatic carbocycles. The first-order chi connectivity index (χ1) is 8.08. The molecule has 0 amide bonds. The third-order valence-electron chi connectivity index (χ3n) is 3.35. The Morgan fingerprint density at radius 1 is 1.41 bits per heavy atom. The van der Waals surface area contributed by atoms with Crippen molar-refractivity contribution in [2.75, 3.05) is 11.4 Å². The highest BCUT2D eigenvalue weighted by molar-refractivity contribution is 6.28. The van der Waals surface area contributed by atoms with Gasteiger partial charge in [-0.25, -0.2) is 4.98 Å². The molecule has 0 aliphatic carbocycles. The van der Waals surface area contributed by atoms with Crippen LogP contribution in [0.5, 0.6) is 0 Å². The van der Waals surface area contributed by atoms with Crippen molar-refractivity contribution >= 4 is 28.5 Å². The maximum absolute atomic E-state index is 5.98. The van der Waals surface area contributed by atoms with Crippen LogP contribution in [-0.2, 0) is 0 Å². The van der Waals surface area contributed by atoms with Crippen LogP contribution in [0.25, 0.3) is 11.0 Å². The summed E-state index contributed by atoms with van der Waals surface area (Å²) in [5.74, 6) is 0.957. The first-order valence-electron chi connectivity index (χ1n) is 5.88. The lowest BCUT2D eigenvalue weighted by Crippen LogP contribution is -2.39. The van der Waals surface area contributed by atoms with Crippen molar-refractivity contribution < 1.29 is 0 Å². The molecule has 2 aromatic rings. The fraction of sp³-hybridized carbons (Fsp3) is 0.500. The van der Waals surface area contributed by atoms with E-state index in [1.807, 2.05) is 6.07 Å². The average molecular weight is 251 g/mol. The van der Waals surface area contributed by atoms with Gasteiger partial charge in [0.1, 0.15) is 5.52 Å². The third kappa shape index (κ3) is 1.51. The lowest BCUT2D eigenvalue weighted by atomic mass is 10.2. The van der Waals surface area contributed by atoms with E-state index in [1.54, 1.807) is 0 Å². The number of nitrogens with zero attached hydrogens (tertiary/aromatic N) is 4. The molecule has 3 rings (SSSR count). The molecule has 17 heavy (non-hydrogen) atoms. The first kappa shape index (κ1) is 10.8. The molecule has 0 saturated heterocycles. The molecular formula is C12H15ClN4. The zero-order chi connectivity index (χ0) is 12.2. The largest absolute Gasteiger partial charge is 0.350 e. The second-order valence-electron chi connectivity index (χ2n) is 4.87. The summed E-state index contributed by atoms with van der Waals surface area (Å²) < 4.78 is 2.24. The second kappa shape index (κ2) is 3.60. The molecular weight excluding hydrogens is 236 g/mol. The van der Waals surface area contributed by atoms with E-state index in [9.17, 15) is 0 Å². The van der Waals surface area contributed by atoms with Gasteiger partial charge < -0.3 is 9.47 Å². The molecule has 0 saturated carbocycles. The first-order valence-corrected chi connectivity index (χ1v) is 6.26. The van der Waals surface area contributed by atoms with Gasteiger partial charge in [0, 0.05) is 24.8 Å². The Morgan fingerprint density at radius 3 is 2.88 bits per heavy atom. The van der Waals surface area contributed by atoms with Crippen LogP contribution in [0.2, 0.25) is 5.28 Å². The molecule has 1 atom stereocenters. The summed E-state index contributed by atoms with van der Waals surface area (Å²) in [4.78, 5) is 11.0. The second-order valence-corrected chi connectivity index (χ2v) is 5.21. The monoisotopic (exact) mass is 250 g/mol. The zero-order valence-corrected chi connectivity index (χ0v) is 10.9. The van der Waals surface area contributed by atoms with Crippen molar-refractivity contribution in [3.63, 3.8) is 0 Å². The van der Waals surface area contributed by atoms with E-state index in [0.717, 1.165) is 23.4 Å². The van der Waals surface area contributed by atoms with Crippen LogP contribution in [0, 0.1) is 0 Å². The zero-order valence-electron chi connectivity index (χ0n) is 10.2. The van der Waals surface area contributed by atoms with Gasteiger partial charge in [0.25, 0.3) is 0 Å². The Bertz CT molecular complexity index is 575. The fourth-order valence-electron chi connectivity index (χ4n) is 2.50. The molecule has 3 heterocycles. The minimum absolute atomic E-state index is 0.324. The Morgan fingerprint density at radius 2 is 2.18 bits per heavy atom. The molecule has 2 aromatic heterocycles. The highest BCUT2D eigenvalue weighted by atomic mass is 35.5. The Hall–Kier alpha value is -1.29. The van der Waals surface area contributed by atoms with Crippen molar-refractivity contribution in [2.45, 2.75) is 32.9 Å². The Kier molecular flexibility index (Phi) is 2.30. The highest BCUT2D eigenvalue weighted by Gasteiger charge is 2.27. The van der Waals surface area contributed by atoms with Crippen molar-refractivity contribution in [1.29, 1.82) is 0 Å². The van der Waals surface area contributed by atoms with Crippen molar-refractivity contribution in [3.8, 4) is 0 Å². The number of rotatable bonds is 1. The molecule has 4 nitrogen and oxygen atoms in total. The van der Waals surface area contributed by atoms with Crippen molar-refractivity contribution in [2.24, 2.45) is 0 Å². The molecule has 0 N–H and O–H groups in total. The summed E-state index contributed by atoms with van der Waals surface area (Å²) >= 11 is 5.98. The molecule has 0 unspecified atom stereocenters. The summed E-state index contributed by atoms with van der Waals surface area (Å²) in [5.41, 5.74) is 2.03. The Labute approximate surface area is 105 Å². The molecule has 90 valence electrons. The topological polar surface area (TPSA) is 34.0 Å². The average Bonchev–Trinajstić information content (AvgIpc) is 2.67. The van der Waals surface area contributed by atoms with Crippen LogP contribution in [0.4, 0.5) is 5.82 Å². The number of anilines is 1. The molecule has 0 bridgehead atoms. The summed E-state index contributed by atoms with van der Waals surface area (Å²) in [7, 11) is 0. The SMILES string of the molecule is CC(C)N1C[C@H](C)n2ccc3nc(Cl)nc1c32. The predicted molar refractivity (Wildman–Crippen MR) is 69.7 cm³/mol. The molecule has 0 radical (unpaired) electrons. The van der Waals surface area contributed by atoms with E-state index in [4.69, 9.17) is 11.6 Å². The van der Waals surface area contributed by atoms with E-state index in [0.29, 0.717) is 17.4 Å². The smallest absolute Gasteiger partial charge is 0.225 e. The van der Waals surface area contributed by atoms with Crippen LogP contribution in [-0.4, -0.2) is 27.1 Å². The van der Waals surface area contributed by atoms with E-state index in [1.165, 1.54) is 0 Å². The van der Waals surface area contributed by atoms with Crippen LogP contribution in [0.15, 0.2) is 12.3 Å². The molecule has 0 spiro atoms. The lowest BCUT2D eigenvalue weighted by Gasteiger charge is -2.36. The van der Waals surface area contributed by atoms with Crippen LogP contribution in [0.1, 0.15) is 26.8 Å². The van der Waals surface area contributed by atoms with E-state index in [2.05, 4.69) is 46.4 Å². The van der Waals surface area contributed by atoms with Crippen molar-refractivity contribution in [3.05, 3.63) is 17.5 Å². The summed E-state index contributed by atoms with van der Waals surface area (Å²) in [6.45, 7) is 7.52. The van der Waals surface area contributed by atoms with Gasteiger partial charge in [0.15, 0.2) is 5.82 Å². The van der Waals surface area contributed by atoms with Gasteiger partial charge in [-0.3, -0.25) is 0 Å². The third-order valence-corrected chi connectivity index (χ3v) is 3.52. The molecule has 0 fully saturated rings. The van der Waals surface area contributed by atoms with Gasteiger partial charge in [0.2, 0.25) is 5.28 Å². The van der Waals surface area contributed by atoms with Crippen LogP contribution < -0.4 is 4.90 Å². The molecule has 1 aliphatic heterocycles. The van der Waals surface area contributed by atoms with E-state index >= 15 is 0 Å².